The standard InChI is InChI=1S/C20H21N5O6.C6H14O6.2K.2H/c21-20-24-16-15(18(29)25-20)12(9-22-16)6-3-10-1-4-11(5-2-10)17(28)23-13(19(30)31)7-8-14(26)27;7-1-3(9)5(11)6(12)4(10)2-8;;;;/h1-2,4-5,9,13H,3,6-8H2,(H,23,28)(H,26,27)(H,30,31)(H4,21,22,24,25,29);3-12H,1-2H2;;;;/q;;2*+1;2*-1/t13-;3-,4-,5-,6-;;;;/m01..../s1. The minimum atomic E-state index is -1.67. The molecular weight excluding hydrogens is 653 g/mol. The number of carbonyl (C=O) groups excluding carboxylic acids is 1. The summed E-state index contributed by atoms with van der Waals surface area (Å²) in [5.74, 6) is -3.00. The average molecular weight is 690 g/mol. The molecule has 2 aromatic heterocycles. The molecule has 0 radical (unpaired) electrons. The van der Waals surface area contributed by atoms with Crippen molar-refractivity contribution in [2.75, 3.05) is 18.9 Å². The van der Waals surface area contributed by atoms with E-state index >= 15 is 0 Å². The molecule has 0 saturated carbocycles. The first kappa shape index (κ1) is 43.9. The summed E-state index contributed by atoms with van der Waals surface area (Å²) in [6.07, 6.45) is -4.12. The number of carboxylic acid groups (broad SMARTS) is 2. The molecule has 5 atom stereocenters. The number of aryl methyl sites for hydroxylation is 2. The molecule has 0 spiro atoms. The maximum atomic E-state index is 12.3. The third-order valence-electron chi connectivity index (χ3n) is 6.30. The van der Waals surface area contributed by atoms with Gasteiger partial charge in [-0.2, -0.15) is 4.98 Å². The van der Waals surface area contributed by atoms with Gasteiger partial charge in [-0.15, -0.1) is 0 Å². The first-order valence-corrected chi connectivity index (χ1v) is 12.9. The summed E-state index contributed by atoms with van der Waals surface area (Å²) >= 11 is 0. The van der Waals surface area contributed by atoms with Crippen molar-refractivity contribution < 1.29 is 161 Å². The maximum absolute atomic E-state index is 12.3. The molecule has 19 heteroatoms. The molecule has 0 aliphatic carbocycles. The summed E-state index contributed by atoms with van der Waals surface area (Å²) in [4.78, 5) is 55.7. The number of hydrogen-bond acceptors (Lipinski definition) is 12. The SMILES string of the molecule is Nc1nc2[nH]cc(CCc3ccc(C(=O)N[C@@H](CCC(=O)O)C(=O)O)cc3)c2c(=O)[nH]1.OC[C@@H](O)[C@@H](O)[C@H](O)[C@H](O)CO.[H-].[H-].[K+].[K+]. The Hall–Kier alpha value is -1.12. The summed E-state index contributed by atoms with van der Waals surface area (Å²) < 4.78 is 0. The van der Waals surface area contributed by atoms with Crippen molar-refractivity contribution in [2.45, 2.75) is 56.1 Å². The normalized spacial score (nSPS) is 13.9. The van der Waals surface area contributed by atoms with Crippen LogP contribution in [-0.4, -0.2) is 117 Å². The smallest absolute Gasteiger partial charge is 1.00 e. The predicted molar refractivity (Wildman–Crippen MR) is 151 cm³/mol. The van der Waals surface area contributed by atoms with Gasteiger partial charge in [-0.1, -0.05) is 12.1 Å². The third-order valence-corrected chi connectivity index (χ3v) is 6.30. The fourth-order valence-corrected chi connectivity index (χ4v) is 3.86. The van der Waals surface area contributed by atoms with Crippen LogP contribution in [0, 0.1) is 0 Å². The molecule has 1 aromatic carbocycles. The van der Waals surface area contributed by atoms with E-state index in [0.717, 1.165) is 11.1 Å². The number of aliphatic carboxylic acids is 2. The molecule has 45 heavy (non-hydrogen) atoms. The number of nitrogen functional groups attached to an aromatic ring is 1. The number of anilines is 1. The van der Waals surface area contributed by atoms with Gasteiger partial charge in [-0.25, -0.2) is 4.79 Å². The van der Waals surface area contributed by atoms with Crippen LogP contribution in [0.3, 0.4) is 0 Å². The zero-order valence-electron chi connectivity index (χ0n) is 26.8. The van der Waals surface area contributed by atoms with Gasteiger partial charge < -0.3 is 59.7 Å². The molecule has 0 saturated heterocycles. The van der Waals surface area contributed by atoms with Crippen molar-refractivity contribution in [3.8, 4) is 0 Å². The molecule has 2 heterocycles. The Labute approximate surface area is 344 Å². The fourth-order valence-electron chi connectivity index (χ4n) is 3.86. The number of benzene rings is 1. The monoisotopic (exact) mass is 689 g/mol. The van der Waals surface area contributed by atoms with Gasteiger partial charge in [0, 0.05) is 18.2 Å². The second kappa shape index (κ2) is 21.7. The van der Waals surface area contributed by atoms with E-state index in [-0.39, 0.29) is 136 Å². The summed E-state index contributed by atoms with van der Waals surface area (Å²) in [5.41, 5.74) is 7.59. The molecule has 3 rings (SSSR count). The zero-order valence-corrected chi connectivity index (χ0v) is 31.0. The number of fused-ring (bicyclic) bond motifs is 1. The van der Waals surface area contributed by atoms with Crippen molar-refractivity contribution in [1.29, 1.82) is 0 Å². The summed E-state index contributed by atoms with van der Waals surface area (Å²) in [6.45, 7) is -1.45. The molecule has 3 aromatic rings. The van der Waals surface area contributed by atoms with E-state index in [1.165, 1.54) is 0 Å². The molecule has 17 nitrogen and oxygen atoms in total. The number of aromatic amines is 2. The summed E-state index contributed by atoms with van der Waals surface area (Å²) in [5, 5.41) is 72.8. The molecule has 13 N–H and O–H groups in total. The van der Waals surface area contributed by atoms with Gasteiger partial charge in [0.2, 0.25) is 5.95 Å². The van der Waals surface area contributed by atoms with E-state index in [9.17, 15) is 19.2 Å². The molecule has 240 valence electrons. The van der Waals surface area contributed by atoms with Crippen LogP contribution in [-0.2, 0) is 22.4 Å². The van der Waals surface area contributed by atoms with E-state index in [2.05, 4.69) is 20.3 Å². The van der Waals surface area contributed by atoms with Crippen molar-refractivity contribution >= 4 is 34.8 Å². The number of rotatable bonds is 14. The van der Waals surface area contributed by atoms with E-state index in [4.69, 9.17) is 46.6 Å². The minimum Gasteiger partial charge on any atom is -1.00 e. The topological polar surface area (TPSA) is 313 Å². The Morgan fingerprint density at radius 3 is 1.98 bits per heavy atom. The Morgan fingerprint density at radius 1 is 0.933 bits per heavy atom. The molecule has 0 aliphatic rings. The maximum Gasteiger partial charge on any atom is 1.00 e. The quantitative estimate of drug-likeness (QED) is 0.0700. The predicted octanol–water partition coefficient (Wildman–Crippen LogP) is -8.69. The first-order chi connectivity index (χ1) is 20.3. The van der Waals surface area contributed by atoms with Gasteiger partial charge in [0.15, 0.2) is 0 Å². The van der Waals surface area contributed by atoms with E-state index < -0.39 is 61.5 Å². The van der Waals surface area contributed by atoms with Crippen LogP contribution in [0.4, 0.5) is 5.95 Å². The average Bonchev–Trinajstić information content (AvgIpc) is 3.39. The van der Waals surface area contributed by atoms with Gasteiger partial charge >= 0.3 is 115 Å². The number of nitrogens with two attached hydrogens (primary N) is 1. The van der Waals surface area contributed by atoms with Crippen LogP contribution in [0.25, 0.3) is 11.0 Å². The summed E-state index contributed by atoms with van der Waals surface area (Å²) in [7, 11) is 0. The molecular formula is C26H37K2N5O12. The van der Waals surface area contributed by atoms with E-state index in [1.54, 1.807) is 30.5 Å². The summed E-state index contributed by atoms with van der Waals surface area (Å²) in [6, 6.07) is 5.30. The molecule has 0 aliphatic heterocycles. The number of carboxylic acids is 2. The number of aromatic nitrogens is 3. The number of H-pyrrole nitrogens is 2. The number of nitrogens with one attached hydrogen (secondary N) is 3. The Bertz CT molecular complexity index is 1430. The molecule has 0 bridgehead atoms. The zero-order chi connectivity index (χ0) is 32.3. The fraction of sp³-hybridized carbons (Fsp3) is 0.423. The second-order valence-electron chi connectivity index (χ2n) is 9.46. The third kappa shape index (κ3) is 13.9. The number of carbonyl (C=O) groups is 3. The van der Waals surface area contributed by atoms with Gasteiger partial charge in [0.05, 0.1) is 18.6 Å². The van der Waals surface area contributed by atoms with Gasteiger partial charge in [0.25, 0.3) is 11.5 Å². The van der Waals surface area contributed by atoms with Gasteiger partial charge in [-0.3, -0.25) is 19.4 Å². The first-order valence-electron chi connectivity index (χ1n) is 12.9. The van der Waals surface area contributed by atoms with E-state index in [1.807, 2.05) is 0 Å². The van der Waals surface area contributed by atoms with Crippen LogP contribution in [0.5, 0.6) is 0 Å². The van der Waals surface area contributed by atoms with Crippen molar-refractivity contribution in [3.63, 3.8) is 0 Å². The number of amides is 1. The number of aliphatic hydroxyl groups is 6. The van der Waals surface area contributed by atoms with Crippen molar-refractivity contribution in [3.05, 3.63) is 57.5 Å². The van der Waals surface area contributed by atoms with Gasteiger partial charge in [0.1, 0.15) is 36.1 Å². The van der Waals surface area contributed by atoms with E-state index in [0.29, 0.717) is 23.9 Å². The minimum absolute atomic E-state index is 0. The van der Waals surface area contributed by atoms with Crippen molar-refractivity contribution in [1.82, 2.24) is 20.3 Å². The van der Waals surface area contributed by atoms with Crippen LogP contribution in [0.1, 0.15) is 37.2 Å². The van der Waals surface area contributed by atoms with Crippen LogP contribution in [0.15, 0.2) is 35.3 Å². The van der Waals surface area contributed by atoms with Crippen LogP contribution in [0.2, 0.25) is 0 Å². The van der Waals surface area contributed by atoms with Crippen molar-refractivity contribution in [2.24, 2.45) is 0 Å². The number of nitrogens with zero attached hydrogens (tertiary/aromatic N) is 1. The van der Waals surface area contributed by atoms with Crippen LogP contribution >= 0.6 is 0 Å². The number of hydrogen-bond donors (Lipinski definition) is 12. The van der Waals surface area contributed by atoms with Gasteiger partial charge in [-0.05, 0) is 42.5 Å². The molecule has 0 unspecified atom stereocenters. The molecule has 0 fully saturated rings. The second-order valence-corrected chi connectivity index (χ2v) is 9.46. The Morgan fingerprint density at radius 2 is 1.49 bits per heavy atom. The largest absolute Gasteiger partial charge is 1.00 e. The molecule has 1 amide bonds. The Kier molecular flexibility index (Phi) is 21.2. The number of aliphatic hydroxyl groups excluding tert-OH is 6. The van der Waals surface area contributed by atoms with Crippen LogP contribution < -0.4 is 119 Å². The Balaban J connectivity index is -0.00000105.